The largest absolute Gasteiger partial charge is 0.444 e. The predicted molar refractivity (Wildman–Crippen MR) is 67.1 cm³/mol. The predicted octanol–water partition coefficient (Wildman–Crippen LogP) is 2.05. The fourth-order valence-corrected chi connectivity index (χ4v) is 1.10. The van der Waals surface area contributed by atoms with E-state index in [1.807, 2.05) is 0 Å². The number of nitrogens with one attached hydrogen (secondary N) is 1. The smallest absolute Gasteiger partial charge is 0.414 e. The third kappa shape index (κ3) is 4.67. The topological polar surface area (TPSA) is 84.3 Å². The first-order valence-corrected chi connectivity index (χ1v) is 5.63. The van der Waals surface area contributed by atoms with Crippen LogP contribution in [0.15, 0.2) is 12.4 Å². The Morgan fingerprint density at radius 1 is 1.22 bits per heavy atom. The molecule has 0 aliphatic heterocycles. The number of rotatable bonds is 2. The zero-order valence-corrected chi connectivity index (χ0v) is 11.3. The lowest BCUT2D eigenvalue weighted by molar-refractivity contribution is 0.0634. The summed E-state index contributed by atoms with van der Waals surface area (Å²) >= 11 is 0. The molecule has 0 saturated heterocycles. The first-order chi connectivity index (χ1) is 8.08. The van der Waals surface area contributed by atoms with Crippen molar-refractivity contribution >= 4 is 12.0 Å². The zero-order chi connectivity index (χ0) is 14.0. The van der Waals surface area contributed by atoms with Crippen LogP contribution in [-0.2, 0) is 10.3 Å². The maximum absolute atomic E-state index is 11.4. The summed E-state index contributed by atoms with van der Waals surface area (Å²) in [6.45, 7) is 8.57. The van der Waals surface area contributed by atoms with E-state index < -0.39 is 17.3 Å². The van der Waals surface area contributed by atoms with Gasteiger partial charge in [-0.3, -0.25) is 5.32 Å². The van der Waals surface area contributed by atoms with Crippen molar-refractivity contribution in [3.63, 3.8) is 0 Å². The highest BCUT2D eigenvalue weighted by Crippen LogP contribution is 2.18. The molecule has 2 N–H and O–H groups in total. The van der Waals surface area contributed by atoms with E-state index in [0.717, 1.165) is 0 Å². The van der Waals surface area contributed by atoms with Crippen LogP contribution >= 0.6 is 0 Å². The molecule has 0 saturated carbocycles. The first-order valence-electron chi connectivity index (χ1n) is 5.63. The number of carbonyl (C=O) groups excluding carboxylic acids is 1. The highest BCUT2D eigenvalue weighted by atomic mass is 16.6. The number of hydrogen-bond acceptors (Lipinski definition) is 5. The molecule has 1 aromatic heterocycles. The molecule has 1 aromatic rings. The normalized spacial score (nSPS) is 12.1. The van der Waals surface area contributed by atoms with Crippen molar-refractivity contribution in [2.75, 3.05) is 5.32 Å². The van der Waals surface area contributed by atoms with Crippen LogP contribution in [0.4, 0.5) is 10.7 Å². The molecule has 1 heterocycles. The van der Waals surface area contributed by atoms with Gasteiger partial charge >= 0.3 is 6.09 Å². The molecule has 6 heteroatoms. The molecule has 0 aliphatic carbocycles. The lowest BCUT2D eigenvalue weighted by atomic mass is 10.0. The van der Waals surface area contributed by atoms with Crippen LogP contribution in [0.25, 0.3) is 0 Å². The molecule has 1 rings (SSSR count). The number of amides is 1. The van der Waals surface area contributed by atoms with E-state index in [1.165, 1.54) is 12.4 Å². The minimum Gasteiger partial charge on any atom is -0.444 e. The number of hydrogen-bond donors (Lipinski definition) is 2. The number of anilines is 1. The van der Waals surface area contributed by atoms with E-state index in [0.29, 0.717) is 5.56 Å². The second-order valence-corrected chi connectivity index (χ2v) is 5.48. The van der Waals surface area contributed by atoms with Gasteiger partial charge in [-0.1, -0.05) is 0 Å². The van der Waals surface area contributed by atoms with Gasteiger partial charge in [0.1, 0.15) is 5.60 Å². The monoisotopic (exact) mass is 253 g/mol. The van der Waals surface area contributed by atoms with Crippen molar-refractivity contribution < 1.29 is 14.6 Å². The summed E-state index contributed by atoms with van der Waals surface area (Å²) < 4.78 is 5.06. The Balaban J connectivity index is 2.67. The summed E-state index contributed by atoms with van der Waals surface area (Å²) in [4.78, 5) is 19.3. The summed E-state index contributed by atoms with van der Waals surface area (Å²) in [6, 6.07) is 0. The average Bonchev–Trinajstić information content (AvgIpc) is 2.13. The fourth-order valence-electron chi connectivity index (χ4n) is 1.10. The lowest BCUT2D eigenvalue weighted by Gasteiger charge is -2.19. The summed E-state index contributed by atoms with van der Waals surface area (Å²) in [5.41, 5.74) is -1.01. The van der Waals surface area contributed by atoms with E-state index in [-0.39, 0.29) is 5.95 Å². The number of aromatic nitrogens is 2. The van der Waals surface area contributed by atoms with E-state index >= 15 is 0 Å². The molecule has 1 amide bonds. The molecule has 18 heavy (non-hydrogen) atoms. The summed E-state index contributed by atoms with van der Waals surface area (Å²) in [7, 11) is 0. The minimum atomic E-state index is -1.01. The molecular formula is C12H19N3O3. The van der Waals surface area contributed by atoms with Crippen LogP contribution in [0.2, 0.25) is 0 Å². The third-order valence-corrected chi connectivity index (χ3v) is 1.97. The molecule has 0 atom stereocenters. The number of nitrogens with zero attached hydrogens (tertiary/aromatic N) is 2. The molecule has 0 fully saturated rings. The Morgan fingerprint density at radius 2 is 1.72 bits per heavy atom. The van der Waals surface area contributed by atoms with Crippen molar-refractivity contribution in [3.8, 4) is 0 Å². The van der Waals surface area contributed by atoms with Gasteiger partial charge in [0.15, 0.2) is 0 Å². The van der Waals surface area contributed by atoms with Crippen LogP contribution in [0.3, 0.4) is 0 Å². The SMILES string of the molecule is CC(C)(C)OC(=O)Nc1ncc(C(C)(C)O)cn1. The van der Waals surface area contributed by atoms with Gasteiger partial charge < -0.3 is 9.84 Å². The molecule has 0 spiro atoms. The second kappa shape index (κ2) is 4.89. The van der Waals surface area contributed by atoms with Crippen LogP contribution in [0, 0.1) is 0 Å². The maximum Gasteiger partial charge on any atom is 0.414 e. The molecule has 0 aliphatic rings. The zero-order valence-electron chi connectivity index (χ0n) is 11.3. The van der Waals surface area contributed by atoms with Gasteiger partial charge in [0, 0.05) is 18.0 Å². The van der Waals surface area contributed by atoms with Crippen LogP contribution in [0.1, 0.15) is 40.2 Å². The molecule has 6 nitrogen and oxygen atoms in total. The van der Waals surface area contributed by atoms with Crippen molar-refractivity contribution in [2.45, 2.75) is 45.8 Å². The van der Waals surface area contributed by atoms with Gasteiger partial charge in [0.25, 0.3) is 0 Å². The third-order valence-electron chi connectivity index (χ3n) is 1.97. The highest BCUT2D eigenvalue weighted by molar-refractivity contribution is 5.82. The van der Waals surface area contributed by atoms with Crippen LogP contribution in [0.5, 0.6) is 0 Å². The van der Waals surface area contributed by atoms with Crippen molar-refractivity contribution in [1.82, 2.24) is 9.97 Å². The maximum atomic E-state index is 11.4. The first kappa shape index (κ1) is 14.4. The van der Waals surface area contributed by atoms with Gasteiger partial charge in [0.2, 0.25) is 5.95 Å². The van der Waals surface area contributed by atoms with Crippen LogP contribution < -0.4 is 5.32 Å². The lowest BCUT2D eigenvalue weighted by Crippen LogP contribution is -2.28. The Labute approximate surface area is 106 Å². The quantitative estimate of drug-likeness (QED) is 0.842. The minimum absolute atomic E-state index is 0.136. The molecule has 0 unspecified atom stereocenters. The standard InChI is InChI=1S/C12H19N3O3/c1-11(2,3)18-10(16)15-9-13-6-8(7-14-9)12(4,5)17/h6-7,17H,1-5H3,(H,13,14,15,16). The van der Waals surface area contributed by atoms with Gasteiger partial charge in [-0.2, -0.15) is 0 Å². The van der Waals surface area contributed by atoms with Gasteiger partial charge in [-0.15, -0.1) is 0 Å². The number of ether oxygens (including phenoxy) is 1. The Morgan fingerprint density at radius 3 is 2.11 bits per heavy atom. The Kier molecular flexibility index (Phi) is 3.91. The van der Waals surface area contributed by atoms with E-state index in [9.17, 15) is 9.90 Å². The summed E-state index contributed by atoms with van der Waals surface area (Å²) in [5.74, 6) is 0.136. The second-order valence-electron chi connectivity index (χ2n) is 5.48. The fraction of sp³-hybridized carbons (Fsp3) is 0.583. The summed E-state index contributed by atoms with van der Waals surface area (Å²) in [5, 5.41) is 12.1. The molecule has 0 aromatic carbocycles. The van der Waals surface area contributed by atoms with Crippen molar-refractivity contribution in [2.24, 2.45) is 0 Å². The highest BCUT2D eigenvalue weighted by Gasteiger charge is 2.19. The van der Waals surface area contributed by atoms with Gasteiger partial charge in [0.05, 0.1) is 5.60 Å². The van der Waals surface area contributed by atoms with Crippen molar-refractivity contribution in [3.05, 3.63) is 18.0 Å². The molecular weight excluding hydrogens is 234 g/mol. The number of aliphatic hydroxyl groups is 1. The van der Waals surface area contributed by atoms with E-state index in [1.54, 1.807) is 34.6 Å². The molecule has 100 valence electrons. The Hall–Kier alpha value is -1.69. The van der Waals surface area contributed by atoms with E-state index in [4.69, 9.17) is 4.74 Å². The van der Waals surface area contributed by atoms with Crippen molar-refractivity contribution in [1.29, 1.82) is 0 Å². The van der Waals surface area contributed by atoms with Gasteiger partial charge in [-0.05, 0) is 34.6 Å². The number of carbonyl (C=O) groups is 1. The average molecular weight is 253 g/mol. The van der Waals surface area contributed by atoms with E-state index in [2.05, 4.69) is 15.3 Å². The Bertz CT molecular complexity index is 416. The van der Waals surface area contributed by atoms with Crippen LogP contribution in [-0.4, -0.2) is 26.8 Å². The molecule has 0 bridgehead atoms. The molecule has 0 radical (unpaired) electrons. The van der Waals surface area contributed by atoms with Gasteiger partial charge in [-0.25, -0.2) is 14.8 Å². The summed E-state index contributed by atoms with van der Waals surface area (Å²) in [6.07, 6.45) is 2.30.